The summed E-state index contributed by atoms with van der Waals surface area (Å²) in [7, 11) is 0. The molecular weight excluding hydrogens is 566 g/mol. The van der Waals surface area contributed by atoms with E-state index in [1.807, 2.05) is 32.6 Å². The molecule has 2 heterocycles. The molecule has 0 radical (unpaired) electrons. The van der Waals surface area contributed by atoms with Gasteiger partial charge in [0.05, 0.1) is 6.61 Å². The van der Waals surface area contributed by atoms with Gasteiger partial charge in [0.2, 0.25) is 17.7 Å². The van der Waals surface area contributed by atoms with Gasteiger partial charge in [0.25, 0.3) is 0 Å². The van der Waals surface area contributed by atoms with Crippen LogP contribution in [0.15, 0.2) is 0 Å². The number of hydrogen-bond donors (Lipinski definition) is 2. The van der Waals surface area contributed by atoms with Gasteiger partial charge in [-0.25, -0.2) is 0 Å². The van der Waals surface area contributed by atoms with Crippen LogP contribution in [0.3, 0.4) is 0 Å². The van der Waals surface area contributed by atoms with Crippen LogP contribution in [0, 0.1) is 10.8 Å². The monoisotopic (exact) mass is 636 g/mol. The Morgan fingerprint density at radius 2 is 1.38 bits per heavy atom. The van der Waals surface area contributed by atoms with Crippen molar-refractivity contribution in [1.29, 1.82) is 0 Å². The standard InChI is InChI=1S/C37H69N3O5/c1-8-9-10-11-12-13-14-15-16-17-18-19-20-21-25-35(2,3)34(43)39-28-30-23-22-27-40(30)31(41)24-26-38-33(42)32-36(4,5)29-44-37(6,7)45-32/h30,32H,8-29H2,1-7H3,(H,38,42)(H,39,43). The molecule has 0 aromatic carbocycles. The number of unbranched alkanes of at least 4 members (excludes halogenated alkanes) is 13. The average Bonchev–Trinajstić information content (AvgIpc) is 3.46. The molecule has 2 N–H and O–H groups in total. The van der Waals surface area contributed by atoms with Crippen LogP contribution in [0.25, 0.3) is 0 Å². The summed E-state index contributed by atoms with van der Waals surface area (Å²) in [4.78, 5) is 40.9. The van der Waals surface area contributed by atoms with E-state index in [9.17, 15) is 14.4 Å². The minimum Gasteiger partial charge on any atom is -0.354 e. The van der Waals surface area contributed by atoms with Crippen molar-refractivity contribution in [2.45, 2.75) is 182 Å². The molecule has 2 rings (SSSR count). The molecule has 2 aliphatic heterocycles. The first kappa shape index (κ1) is 39.5. The molecule has 2 aliphatic rings. The Kier molecular flexibility index (Phi) is 17.4. The lowest BCUT2D eigenvalue weighted by Crippen LogP contribution is -2.56. The molecule has 262 valence electrons. The molecule has 3 amide bonds. The maximum Gasteiger partial charge on any atom is 0.249 e. The van der Waals surface area contributed by atoms with Crippen LogP contribution in [0.2, 0.25) is 0 Å². The van der Waals surface area contributed by atoms with Crippen molar-refractivity contribution in [2.24, 2.45) is 10.8 Å². The number of ether oxygens (including phenoxy) is 2. The van der Waals surface area contributed by atoms with E-state index in [-0.39, 0.29) is 36.7 Å². The second-order valence-electron chi connectivity index (χ2n) is 15.5. The Hall–Kier alpha value is -1.67. The molecule has 8 heteroatoms. The zero-order valence-electron chi connectivity index (χ0n) is 30.2. The minimum atomic E-state index is -0.818. The van der Waals surface area contributed by atoms with Crippen molar-refractivity contribution < 1.29 is 23.9 Å². The van der Waals surface area contributed by atoms with Gasteiger partial charge in [-0.1, -0.05) is 125 Å². The number of nitrogens with one attached hydrogen (secondary N) is 2. The van der Waals surface area contributed by atoms with Crippen LogP contribution in [0.4, 0.5) is 0 Å². The van der Waals surface area contributed by atoms with Crippen LogP contribution in [-0.4, -0.2) is 66.8 Å². The second-order valence-corrected chi connectivity index (χ2v) is 15.5. The molecule has 2 saturated heterocycles. The van der Waals surface area contributed by atoms with E-state index in [2.05, 4.69) is 17.6 Å². The van der Waals surface area contributed by atoms with Crippen molar-refractivity contribution >= 4 is 17.7 Å². The molecule has 2 fully saturated rings. The minimum absolute atomic E-state index is 0.00701. The first-order chi connectivity index (χ1) is 21.3. The van der Waals surface area contributed by atoms with E-state index in [1.54, 1.807) is 13.8 Å². The summed E-state index contributed by atoms with van der Waals surface area (Å²) in [5.41, 5.74) is -0.870. The molecule has 8 nitrogen and oxygen atoms in total. The smallest absolute Gasteiger partial charge is 0.249 e. The highest BCUT2D eigenvalue weighted by molar-refractivity contribution is 5.83. The zero-order chi connectivity index (χ0) is 33.3. The Morgan fingerprint density at radius 1 is 0.822 bits per heavy atom. The average molecular weight is 636 g/mol. The number of carbonyl (C=O) groups excluding carboxylic acids is 3. The van der Waals surface area contributed by atoms with Gasteiger partial charge in [0.15, 0.2) is 5.79 Å². The molecule has 0 aliphatic carbocycles. The van der Waals surface area contributed by atoms with Gasteiger partial charge in [-0.15, -0.1) is 0 Å². The van der Waals surface area contributed by atoms with Crippen molar-refractivity contribution in [3.05, 3.63) is 0 Å². The summed E-state index contributed by atoms with van der Waals surface area (Å²) >= 11 is 0. The molecule has 2 unspecified atom stereocenters. The Morgan fingerprint density at radius 3 is 1.96 bits per heavy atom. The summed E-state index contributed by atoms with van der Waals surface area (Å²) < 4.78 is 11.6. The van der Waals surface area contributed by atoms with Crippen LogP contribution in [-0.2, 0) is 23.9 Å². The third-order valence-corrected chi connectivity index (χ3v) is 9.75. The number of carbonyl (C=O) groups is 3. The fourth-order valence-corrected chi connectivity index (χ4v) is 6.55. The Labute approximate surface area is 275 Å². The van der Waals surface area contributed by atoms with Gasteiger partial charge in [-0.2, -0.15) is 0 Å². The quantitative estimate of drug-likeness (QED) is 0.119. The lowest BCUT2D eigenvalue weighted by molar-refractivity contribution is -0.304. The van der Waals surface area contributed by atoms with E-state index in [4.69, 9.17) is 9.47 Å². The molecule has 0 aromatic rings. The summed E-state index contributed by atoms with van der Waals surface area (Å²) in [6.45, 7) is 15.7. The fraction of sp³-hybridized carbons (Fsp3) is 0.919. The van der Waals surface area contributed by atoms with Crippen molar-refractivity contribution in [3.8, 4) is 0 Å². The SMILES string of the molecule is CCCCCCCCCCCCCCCCC(C)(C)C(=O)NCC1CCCN1C(=O)CCNC(=O)C1OC(C)(C)OCC1(C)C. The maximum absolute atomic E-state index is 13.1. The first-order valence-electron chi connectivity index (χ1n) is 18.5. The normalized spacial score (nSPS) is 21.1. The topological polar surface area (TPSA) is 97.0 Å². The predicted molar refractivity (Wildman–Crippen MR) is 183 cm³/mol. The van der Waals surface area contributed by atoms with Crippen LogP contribution in [0.5, 0.6) is 0 Å². The van der Waals surface area contributed by atoms with E-state index in [0.717, 1.165) is 25.7 Å². The summed E-state index contributed by atoms with van der Waals surface area (Å²) in [6.07, 6.45) is 20.9. The molecule has 0 saturated carbocycles. The van der Waals surface area contributed by atoms with Crippen molar-refractivity contribution in [3.63, 3.8) is 0 Å². The van der Waals surface area contributed by atoms with Crippen molar-refractivity contribution in [2.75, 3.05) is 26.2 Å². The maximum atomic E-state index is 13.1. The molecule has 45 heavy (non-hydrogen) atoms. The van der Waals surface area contributed by atoms with E-state index < -0.39 is 22.7 Å². The lowest BCUT2D eigenvalue weighted by Gasteiger charge is -2.44. The molecule has 2 atom stereocenters. The number of amides is 3. The zero-order valence-corrected chi connectivity index (χ0v) is 30.2. The van der Waals surface area contributed by atoms with Gasteiger partial charge in [-0.3, -0.25) is 14.4 Å². The highest BCUT2D eigenvalue weighted by Crippen LogP contribution is 2.35. The van der Waals surface area contributed by atoms with E-state index in [0.29, 0.717) is 19.7 Å². The molecular formula is C37H69N3O5. The molecule has 0 aromatic heterocycles. The Bertz CT molecular complexity index is 887. The number of nitrogens with zero attached hydrogens (tertiary/aromatic N) is 1. The lowest BCUT2D eigenvalue weighted by atomic mass is 9.85. The summed E-state index contributed by atoms with van der Waals surface area (Å²) in [6, 6.07) is 0.00701. The van der Waals surface area contributed by atoms with Crippen molar-refractivity contribution in [1.82, 2.24) is 15.5 Å². The third kappa shape index (κ3) is 14.7. The largest absolute Gasteiger partial charge is 0.354 e. The fourth-order valence-electron chi connectivity index (χ4n) is 6.55. The predicted octanol–water partition coefficient (Wildman–Crippen LogP) is 7.68. The Balaban J connectivity index is 1.59. The van der Waals surface area contributed by atoms with Crippen LogP contribution < -0.4 is 10.6 Å². The van der Waals surface area contributed by atoms with E-state index in [1.165, 1.54) is 83.5 Å². The van der Waals surface area contributed by atoms with Gasteiger partial charge in [0.1, 0.15) is 6.10 Å². The summed E-state index contributed by atoms with van der Waals surface area (Å²) in [5.74, 6) is -0.941. The highest BCUT2D eigenvalue weighted by atomic mass is 16.7. The van der Waals surface area contributed by atoms with Crippen LogP contribution >= 0.6 is 0 Å². The van der Waals surface area contributed by atoms with E-state index >= 15 is 0 Å². The third-order valence-electron chi connectivity index (χ3n) is 9.75. The first-order valence-corrected chi connectivity index (χ1v) is 18.5. The molecule has 0 bridgehead atoms. The van der Waals surface area contributed by atoms with Gasteiger partial charge in [0, 0.05) is 42.9 Å². The second kappa shape index (κ2) is 19.9. The van der Waals surface area contributed by atoms with Gasteiger partial charge in [-0.05, 0) is 33.1 Å². The molecule has 0 spiro atoms. The number of hydrogen-bond acceptors (Lipinski definition) is 5. The van der Waals surface area contributed by atoms with Gasteiger partial charge < -0.3 is 25.0 Å². The number of likely N-dealkylation sites (tertiary alicyclic amines) is 1. The van der Waals surface area contributed by atoms with Gasteiger partial charge >= 0.3 is 0 Å². The highest BCUT2D eigenvalue weighted by Gasteiger charge is 2.45. The van der Waals surface area contributed by atoms with Crippen LogP contribution in [0.1, 0.15) is 164 Å². The number of rotatable bonds is 22. The summed E-state index contributed by atoms with van der Waals surface area (Å²) in [5, 5.41) is 6.05.